The zero-order valence-electron chi connectivity index (χ0n) is 9.38. The van der Waals surface area contributed by atoms with Crippen molar-refractivity contribution in [2.45, 2.75) is 52.4 Å². The monoisotopic (exact) mass is 214 g/mol. The van der Waals surface area contributed by atoms with Gasteiger partial charge in [0.1, 0.15) is 0 Å². The molecule has 4 heteroatoms. The van der Waals surface area contributed by atoms with Gasteiger partial charge >= 0.3 is 11.9 Å². The summed E-state index contributed by atoms with van der Waals surface area (Å²) in [6, 6.07) is 0. The Kier molecular flexibility index (Phi) is 7.50. The summed E-state index contributed by atoms with van der Waals surface area (Å²) in [5.41, 5.74) is 0. The second kappa shape index (κ2) is 8.15. The van der Waals surface area contributed by atoms with Crippen molar-refractivity contribution >= 4 is 17.7 Å². The van der Waals surface area contributed by atoms with Gasteiger partial charge in [-0.2, -0.15) is 0 Å². The standard InChI is InChI=1S/C11H18O4/c1-3-5-6-8-10(13)15-11(14)9(12)7-4-2/h3-8H2,1-2H3. The predicted octanol–water partition coefficient (Wildman–Crippen LogP) is 2.01. The van der Waals surface area contributed by atoms with E-state index in [0.717, 1.165) is 12.8 Å². The molecule has 0 amide bonds. The van der Waals surface area contributed by atoms with Crippen LogP contribution < -0.4 is 0 Å². The SMILES string of the molecule is CCCCCC(=O)OC(=O)C(=O)CCC. The van der Waals surface area contributed by atoms with Gasteiger partial charge < -0.3 is 4.74 Å². The maximum atomic E-state index is 11.0. The molecule has 86 valence electrons. The number of hydrogen-bond acceptors (Lipinski definition) is 4. The van der Waals surface area contributed by atoms with Crippen LogP contribution in [0, 0.1) is 0 Å². The van der Waals surface area contributed by atoms with E-state index in [-0.39, 0.29) is 12.8 Å². The summed E-state index contributed by atoms with van der Waals surface area (Å²) in [5.74, 6) is -2.24. The molecular formula is C11H18O4. The van der Waals surface area contributed by atoms with Gasteiger partial charge in [-0.1, -0.05) is 26.7 Å². The first-order valence-electron chi connectivity index (χ1n) is 5.39. The van der Waals surface area contributed by atoms with Gasteiger partial charge in [-0.25, -0.2) is 4.79 Å². The lowest BCUT2D eigenvalue weighted by Crippen LogP contribution is -2.20. The van der Waals surface area contributed by atoms with Gasteiger partial charge in [-0.15, -0.1) is 0 Å². The Morgan fingerprint density at radius 1 is 0.933 bits per heavy atom. The Labute approximate surface area is 90.0 Å². The summed E-state index contributed by atoms with van der Waals surface area (Å²) in [7, 11) is 0. The molecule has 0 unspecified atom stereocenters. The maximum Gasteiger partial charge on any atom is 0.382 e. The van der Waals surface area contributed by atoms with Crippen molar-refractivity contribution in [1.82, 2.24) is 0 Å². The van der Waals surface area contributed by atoms with E-state index in [1.54, 1.807) is 6.92 Å². The van der Waals surface area contributed by atoms with Crippen molar-refractivity contribution < 1.29 is 19.1 Å². The molecule has 0 N–H and O–H groups in total. The van der Waals surface area contributed by atoms with Crippen LogP contribution in [0.5, 0.6) is 0 Å². The Morgan fingerprint density at radius 2 is 1.60 bits per heavy atom. The summed E-state index contributed by atoms with van der Waals surface area (Å²) < 4.78 is 4.38. The Hall–Kier alpha value is -1.19. The molecule has 0 aliphatic rings. The van der Waals surface area contributed by atoms with Crippen LogP contribution in [0.2, 0.25) is 0 Å². The highest BCUT2D eigenvalue weighted by Gasteiger charge is 2.17. The molecule has 0 aromatic carbocycles. The lowest BCUT2D eigenvalue weighted by Gasteiger charge is -2.01. The van der Waals surface area contributed by atoms with Crippen molar-refractivity contribution in [3.63, 3.8) is 0 Å². The van der Waals surface area contributed by atoms with Crippen molar-refractivity contribution in [3.8, 4) is 0 Å². The number of carbonyl (C=O) groups excluding carboxylic acids is 3. The summed E-state index contributed by atoms with van der Waals surface area (Å²) in [4.78, 5) is 33.0. The van der Waals surface area contributed by atoms with Crippen LogP contribution >= 0.6 is 0 Å². The van der Waals surface area contributed by atoms with Crippen molar-refractivity contribution in [2.75, 3.05) is 0 Å². The minimum atomic E-state index is -1.02. The largest absolute Gasteiger partial charge is 0.387 e. The molecule has 15 heavy (non-hydrogen) atoms. The molecule has 0 aliphatic carbocycles. The molecule has 0 aromatic heterocycles. The first kappa shape index (κ1) is 13.8. The van der Waals surface area contributed by atoms with Crippen LogP contribution in [-0.2, 0) is 19.1 Å². The van der Waals surface area contributed by atoms with Crippen LogP contribution in [0.3, 0.4) is 0 Å². The third-order valence-corrected chi connectivity index (χ3v) is 1.90. The van der Waals surface area contributed by atoms with E-state index in [4.69, 9.17) is 0 Å². The number of esters is 2. The summed E-state index contributed by atoms with van der Waals surface area (Å²) in [5, 5.41) is 0. The van der Waals surface area contributed by atoms with Gasteiger partial charge in [0, 0.05) is 12.8 Å². The quantitative estimate of drug-likeness (QED) is 0.281. The molecule has 0 saturated heterocycles. The Bertz CT molecular complexity index is 233. The fraction of sp³-hybridized carbons (Fsp3) is 0.727. The van der Waals surface area contributed by atoms with E-state index in [1.807, 2.05) is 6.92 Å². The van der Waals surface area contributed by atoms with Crippen molar-refractivity contribution in [1.29, 1.82) is 0 Å². The van der Waals surface area contributed by atoms with E-state index < -0.39 is 17.7 Å². The average molecular weight is 214 g/mol. The second-order valence-corrected chi connectivity index (χ2v) is 3.39. The van der Waals surface area contributed by atoms with E-state index in [1.165, 1.54) is 0 Å². The molecule has 0 bridgehead atoms. The predicted molar refractivity (Wildman–Crippen MR) is 55.2 cm³/mol. The minimum absolute atomic E-state index is 0.140. The second-order valence-electron chi connectivity index (χ2n) is 3.39. The van der Waals surface area contributed by atoms with Crippen LogP contribution in [0.25, 0.3) is 0 Å². The molecule has 0 aromatic rings. The molecule has 0 fully saturated rings. The van der Waals surface area contributed by atoms with E-state index in [9.17, 15) is 14.4 Å². The fourth-order valence-corrected chi connectivity index (χ4v) is 1.06. The number of ketones is 1. The molecule has 0 heterocycles. The first-order valence-corrected chi connectivity index (χ1v) is 5.39. The number of hydrogen-bond donors (Lipinski definition) is 0. The van der Waals surface area contributed by atoms with Crippen LogP contribution in [-0.4, -0.2) is 17.7 Å². The number of unbranched alkanes of at least 4 members (excludes halogenated alkanes) is 2. The Morgan fingerprint density at radius 3 is 2.13 bits per heavy atom. The van der Waals surface area contributed by atoms with Gasteiger partial charge in [0.15, 0.2) is 0 Å². The fourth-order valence-electron chi connectivity index (χ4n) is 1.06. The molecule has 0 spiro atoms. The third-order valence-electron chi connectivity index (χ3n) is 1.90. The van der Waals surface area contributed by atoms with Gasteiger partial charge in [0.25, 0.3) is 0 Å². The highest BCUT2D eigenvalue weighted by Crippen LogP contribution is 2.01. The smallest absolute Gasteiger partial charge is 0.382 e. The van der Waals surface area contributed by atoms with Crippen molar-refractivity contribution in [3.05, 3.63) is 0 Å². The minimum Gasteiger partial charge on any atom is -0.387 e. The number of rotatable bonds is 7. The summed E-state index contributed by atoms with van der Waals surface area (Å²) in [6.07, 6.45) is 3.55. The number of ether oxygens (including phenoxy) is 1. The van der Waals surface area contributed by atoms with Crippen LogP contribution in [0.1, 0.15) is 52.4 Å². The normalized spacial score (nSPS) is 9.73. The molecule has 0 radical (unpaired) electrons. The highest BCUT2D eigenvalue weighted by molar-refractivity contribution is 6.35. The van der Waals surface area contributed by atoms with E-state index in [0.29, 0.717) is 12.8 Å². The lowest BCUT2D eigenvalue weighted by atomic mass is 10.2. The van der Waals surface area contributed by atoms with E-state index >= 15 is 0 Å². The Balaban J connectivity index is 3.76. The lowest BCUT2D eigenvalue weighted by molar-refractivity contribution is -0.164. The number of carbonyl (C=O) groups is 3. The topological polar surface area (TPSA) is 60.4 Å². The molecule has 0 saturated carbocycles. The molecule has 0 rings (SSSR count). The first-order chi connectivity index (χ1) is 7.11. The van der Waals surface area contributed by atoms with Crippen LogP contribution in [0.15, 0.2) is 0 Å². The molecule has 4 nitrogen and oxygen atoms in total. The molecular weight excluding hydrogens is 196 g/mol. The zero-order chi connectivity index (χ0) is 11.7. The zero-order valence-corrected chi connectivity index (χ0v) is 9.38. The maximum absolute atomic E-state index is 11.0. The van der Waals surface area contributed by atoms with Gasteiger partial charge in [-0.05, 0) is 12.8 Å². The van der Waals surface area contributed by atoms with Crippen molar-refractivity contribution in [2.24, 2.45) is 0 Å². The van der Waals surface area contributed by atoms with Crippen LogP contribution in [0.4, 0.5) is 0 Å². The van der Waals surface area contributed by atoms with Gasteiger partial charge in [0.2, 0.25) is 5.78 Å². The van der Waals surface area contributed by atoms with Gasteiger partial charge in [0.05, 0.1) is 0 Å². The molecule has 0 atom stereocenters. The number of Topliss-reactive ketones (excluding diaryl/α,β-unsaturated/α-hetero) is 1. The van der Waals surface area contributed by atoms with Gasteiger partial charge in [-0.3, -0.25) is 9.59 Å². The summed E-state index contributed by atoms with van der Waals surface area (Å²) in [6.45, 7) is 3.80. The average Bonchev–Trinajstić information content (AvgIpc) is 2.18. The summed E-state index contributed by atoms with van der Waals surface area (Å²) >= 11 is 0. The van der Waals surface area contributed by atoms with E-state index in [2.05, 4.69) is 4.74 Å². The third kappa shape index (κ3) is 6.82. The molecule has 0 aliphatic heterocycles. The highest BCUT2D eigenvalue weighted by atomic mass is 16.6.